The molecule has 1 aromatic heterocycles. The fourth-order valence-electron chi connectivity index (χ4n) is 4.15. The first-order valence-electron chi connectivity index (χ1n) is 10.6. The average molecular weight is 538 g/mol. The van der Waals surface area contributed by atoms with Crippen molar-refractivity contribution in [2.75, 3.05) is 26.2 Å². The summed E-state index contributed by atoms with van der Waals surface area (Å²) < 4.78 is 32.9. The van der Waals surface area contributed by atoms with Crippen molar-refractivity contribution in [2.24, 2.45) is 10.9 Å². The molecule has 0 amide bonds. The Bertz CT molecular complexity index is 739. The Hall–Kier alpha value is -0.810. The van der Waals surface area contributed by atoms with Crippen LogP contribution in [0, 0.1) is 5.92 Å². The molecule has 1 aromatic rings. The van der Waals surface area contributed by atoms with Crippen LogP contribution in [-0.4, -0.2) is 56.7 Å². The van der Waals surface area contributed by atoms with Crippen molar-refractivity contribution in [2.45, 2.75) is 63.7 Å². The fourth-order valence-corrected chi connectivity index (χ4v) is 5.58. The van der Waals surface area contributed by atoms with Gasteiger partial charge >= 0.3 is 0 Å². The Balaban J connectivity index is 0.00000300. The lowest BCUT2D eigenvalue weighted by molar-refractivity contribution is 0.298. The van der Waals surface area contributed by atoms with E-state index in [1.54, 1.807) is 6.26 Å². The molecule has 0 radical (unpaired) electrons. The molecule has 29 heavy (non-hydrogen) atoms. The van der Waals surface area contributed by atoms with Gasteiger partial charge in [0.05, 0.1) is 11.5 Å². The molecule has 1 saturated heterocycles. The van der Waals surface area contributed by atoms with Gasteiger partial charge in [-0.25, -0.2) is 13.1 Å². The monoisotopic (exact) mass is 538 g/mol. The summed E-state index contributed by atoms with van der Waals surface area (Å²) in [4.78, 5) is 6.94. The zero-order valence-electron chi connectivity index (χ0n) is 17.5. The van der Waals surface area contributed by atoms with Crippen LogP contribution >= 0.6 is 24.0 Å². The van der Waals surface area contributed by atoms with Crippen LogP contribution in [-0.2, 0) is 16.4 Å². The van der Waals surface area contributed by atoms with Crippen molar-refractivity contribution in [3.8, 4) is 0 Å². The number of sulfonamides is 1. The first-order valence-corrected chi connectivity index (χ1v) is 12.1. The van der Waals surface area contributed by atoms with Gasteiger partial charge in [-0.05, 0) is 37.3 Å². The number of aliphatic imine (C=N–C) groups is 1. The van der Waals surface area contributed by atoms with Crippen molar-refractivity contribution in [1.82, 2.24) is 14.9 Å². The largest absolute Gasteiger partial charge is 0.469 e. The molecule has 7 nitrogen and oxygen atoms in total. The smallest absolute Gasteiger partial charge is 0.216 e. The summed E-state index contributed by atoms with van der Waals surface area (Å²) in [5.74, 6) is 2.37. The maximum absolute atomic E-state index is 12.4. The maximum atomic E-state index is 12.4. The van der Waals surface area contributed by atoms with E-state index < -0.39 is 10.0 Å². The molecule has 3 atom stereocenters. The van der Waals surface area contributed by atoms with Crippen LogP contribution in [0.5, 0.6) is 0 Å². The first kappa shape index (κ1) is 24.5. The Labute approximate surface area is 192 Å². The molecule has 2 heterocycles. The molecule has 0 bridgehead atoms. The first-order chi connectivity index (χ1) is 13.5. The Morgan fingerprint density at radius 3 is 2.79 bits per heavy atom. The van der Waals surface area contributed by atoms with Gasteiger partial charge in [0, 0.05) is 38.6 Å². The van der Waals surface area contributed by atoms with Gasteiger partial charge < -0.3 is 14.6 Å². The van der Waals surface area contributed by atoms with Gasteiger partial charge in [-0.3, -0.25) is 4.99 Å². The van der Waals surface area contributed by atoms with E-state index in [0.29, 0.717) is 44.6 Å². The average Bonchev–Trinajstić information content (AvgIpc) is 3.34. The molecule has 0 spiro atoms. The van der Waals surface area contributed by atoms with E-state index in [1.807, 2.05) is 19.1 Å². The summed E-state index contributed by atoms with van der Waals surface area (Å²) in [5.41, 5.74) is 0. The predicted molar refractivity (Wildman–Crippen MR) is 127 cm³/mol. The second kappa shape index (κ2) is 11.5. The highest BCUT2D eigenvalue weighted by molar-refractivity contribution is 14.0. The van der Waals surface area contributed by atoms with Crippen molar-refractivity contribution in [1.29, 1.82) is 0 Å². The summed E-state index contributed by atoms with van der Waals surface area (Å²) in [6.45, 7) is 6.36. The highest BCUT2D eigenvalue weighted by Crippen LogP contribution is 2.24. The molecule has 1 saturated carbocycles. The minimum atomic E-state index is -3.27. The number of furan rings is 1. The van der Waals surface area contributed by atoms with Gasteiger partial charge in [0.2, 0.25) is 10.0 Å². The molecule has 3 unspecified atom stereocenters. The third-order valence-corrected chi connectivity index (χ3v) is 7.81. The van der Waals surface area contributed by atoms with E-state index in [2.05, 4.69) is 21.9 Å². The standard InChI is InChI=1S/C20H34N4O3S.HI/c1-3-22-28(25,26)18-11-13-24(15-18)20(21-12-10-17-8-6-14-27-17)23-19-9-5-4-7-16(19)2;/h6,8,14,16,18-19,22H,3-5,7,9-13,15H2,1-2H3,(H,21,23);1H. The van der Waals surface area contributed by atoms with Crippen LogP contribution in [0.2, 0.25) is 0 Å². The number of nitrogens with zero attached hydrogens (tertiary/aromatic N) is 2. The second-order valence-electron chi connectivity index (χ2n) is 7.95. The topological polar surface area (TPSA) is 86.9 Å². The van der Waals surface area contributed by atoms with Crippen LogP contribution in [0.15, 0.2) is 27.8 Å². The van der Waals surface area contributed by atoms with Crippen LogP contribution in [0.25, 0.3) is 0 Å². The SMILES string of the molecule is CCNS(=O)(=O)C1CCN(C(=NCCc2ccco2)NC2CCCCC2C)C1.I. The van der Waals surface area contributed by atoms with Crippen molar-refractivity contribution >= 4 is 40.0 Å². The Morgan fingerprint density at radius 1 is 1.31 bits per heavy atom. The lowest BCUT2D eigenvalue weighted by Crippen LogP contribution is -2.49. The lowest BCUT2D eigenvalue weighted by Gasteiger charge is -2.33. The highest BCUT2D eigenvalue weighted by Gasteiger charge is 2.35. The molecular formula is C20H35IN4O3S. The molecular weight excluding hydrogens is 503 g/mol. The van der Waals surface area contributed by atoms with Crippen LogP contribution < -0.4 is 10.0 Å². The van der Waals surface area contributed by atoms with Crippen LogP contribution in [0.1, 0.15) is 51.7 Å². The molecule has 2 fully saturated rings. The highest BCUT2D eigenvalue weighted by atomic mass is 127. The van der Waals surface area contributed by atoms with Crippen molar-refractivity contribution in [3.05, 3.63) is 24.2 Å². The molecule has 1 aliphatic carbocycles. The molecule has 166 valence electrons. The minimum absolute atomic E-state index is 0. The fraction of sp³-hybridized carbons (Fsp3) is 0.750. The minimum Gasteiger partial charge on any atom is -0.469 e. The van der Waals surface area contributed by atoms with E-state index in [-0.39, 0.29) is 29.2 Å². The number of likely N-dealkylation sites (tertiary alicyclic amines) is 1. The summed E-state index contributed by atoms with van der Waals surface area (Å²) in [7, 11) is -3.27. The van der Waals surface area contributed by atoms with Crippen LogP contribution in [0.4, 0.5) is 0 Å². The molecule has 9 heteroatoms. The summed E-state index contributed by atoms with van der Waals surface area (Å²) in [6.07, 6.45) is 7.95. The van der Waals surface area contributed by atoms with Crippen LogP contribution in [0.3, 0.4) is 0 Å². The number of rotatable bonds is 7. The number of guanidine groups is 1. The number of hydrogen-bond acceptors (Lipinski definition) is 4. The third-order valence-electron chi connectivity index (χ3n) is 5.85. The van der Waals surface area contributed by atoms with E-state index in [4.69, 9.17) is 9.41 Å². The number of halogens is 1. The molecule has 0 aromatic carbocycles. The quantitative estimate of drug-likeness (QED) is 0.317. The number of hydrogen-bond donors (Lipinski definition) is 2. The maximum Gasteiger partial charge on any atom is 0.216 e. The Morgan fingerprint density at radius 2 is 2.10 bits per heavy atom. The Kier molecular flexibility index (Phi) is 9.74. The van der Waals surface area contributed by atoms with Gasteiger partial charge in [-0.15, -0.1) is 24.0 Å². The van der Waals surface area contributed by atoms with Gasteiger partial charge in [-0.1, -0.05) is 26.7 Å². The normalized spacial score (nSPS) is 25.7. The number of nitrogens with one attached hydrogen (secondary N) is 2. The van der Waals surface area contributed by atoms with Gasteiger partial charge in [0.15, 0.2) is 5.96 Å². The van der Waals surface area contributed by atoms with E-state index in [1.165, 1.54) is 19.3 Å². The third kappa shape index (κ3) is 6.85. The van der Waals surface area contributed by atoms with E-state index >= 15 is 0 Å². The second-order valence-corrected chi connectivity index (χ2v) is 9.99. The summed E-state index contributed by atoms with van der Waals surface area (Å²) in [5, 5.41) is 3.28. The predicted octanol–water partition coefficient (Wildman–Crippen LogP) is 2.98. The molecule has 1 aliphatic heterocycles. The lowest BCUT2D eigenvalue weighted by atomic mass is 9.86. The van der Waals surface area contributed by atoms with Gasteiger partial charge in [0.1, 0.15) is 5.76 Å². The van der Waals surface area contributed by atoms with E-state index in [9.17, 15) is 8.42 Å². The zero-order valence-corrected chi connectivity index (χ0v) is 20.6. The summed E-state index contributed by atoms with van der Waals surface area (Å²) in [6, 6.07) is 4.25. The zero-order chi connectivity index (χ0) is 20.0. The van der Waals surface area contributed by atoms with Crippen molar-refractivity contribution < 1.29 is 12.8 Å². The van der Waals surface area contributed by atoms with Gasteiger partial charge in [-0.2, -0.15) is 0 Å². The van der Waals surface area contributed by atoms with Gasteiger partial charge in [0.25, 0.3) is 0 Å². The van der Waals surface area contributed by atoms with E-state index in [0.717, 1.165) is 24.6 Å². The van der Waals surface area contributed by atoms with Crippen molar-refractivity contribution in [3.63, 3.8) is 0 Å². The molecule has 2 aliphatic rings. The molecule has 2 N–H and O–H groups in total. The molecule has 3 rings (SSSR count). The summed E-state index contributed by atoms with van der Waals surface area (Å²) >= 11 is 0.